The Kier molecular flexibility index (Phi) is 11.3. The first kappa shape index (κ1) is 35.6. The summed E-state index contributed by atoms with van der Waals surface area (Å²) >= 11 is 15.6. The molecular formula is C32H31Cl2N4O7S3+. The fraction of sp³-hybridized carbons (Fsp3) is 0.250. The molecular weight excluding hydrogens is 719 g/mol. The maximum absolute atomic E-state index is 13.2. The van der Waals surface area contributed by atoms with Gasteiger partial charge in [0.25, 0.3) is 15.1 Å². The van der Waals surface area contributed by atoms with Crippen molar-refractivity contribution in [1.82, 2.24) is 5.32 Å². The van der Waals surface area contributed by atoms with Crippen LogP contribution in [0.3, 0.4) is 0 Å². The molecule has 1 atom stereocenters. The van der Waals surface area contributed by atoms with E-state index < -0.39 is 27.9 Å². The number of nitrogens with zero attached hydrogens (tertiary/aromatic N) is 3. The van der Waals surface area contributed by atoms with Crippen LogP contribution in [0.25, 0.3) is 16.3 Å². The first-order valence-electron chi connectivity index (χ1n) is 14.7. The summed E-state index contributed by atoms with van der Waals surface area (Å²) in [5, 5.41) is 15.3. The Bertz CT molecular complexity index is 2000. The van der Waals surface area contributed by atoms with Gasteiger partial charge in [-0.05, 0) is 67.9 Å². The Labute approximate surface area is 295 Å². The Morgan fingerprint density at radius 3 is 2.48 bits per heavy atom. The number of fused-ring (bicyclic) bond motifs is 2. The Morgan fingerprint density at radius 1 is 1.08 bits per heavy atom. The zero-order valence-corrected chi connectivity index (χ0v) is 29.5. The number of aliphatic carboxylic acids is 1. The van der Waals surface area contributed by atoms with Crippen molar-refractivity contribution in [2.45, 2.75) is 37.4 Å². The quantitative estimate of drug-likeness (QED) is 0.0804. The number of carboxylic acids is 1. The monoisotopic (exact) mass is 749 g/mol. The van der Waals surface area contributed by atoms with Gasteiger partial charge in [-0.15, -0.1) is 0 Å². The molecule has 0 aliphatic carbocycles. The number of halogens is 2. The van der Waals surface area contributed by atoms with Gasteiger partial charge >= 0.3 is 5.97 Å². The molecule has 0 saturated carbocycles. The summed E-state index contributed by atoms with van der Waals surface area (Å²) in [7, 11) is -4.14. The van der Waals surface area contributed by atoms with Crippen LogP contribution in [0, 0.1) is 0 Å². The lowest BCUT2D eigenvalue weighted by molar-refractivity contribution is -0.672. The van der Waals surface area contributed by atoms with Gasteiger partial charge in [0.1, 0.15) is 17.0 Å². The molecule has 0 fully saturated rings. The van der Waals surface area contributed by atoms with Gasteiger partial charge in [0.15, 0.2) is 0 Å². The van der Waals surface area contributed by atoms with Gasteiger partial charge in [0.2, 0.25) is 18.1 Å². The topological polar surface area (TPSA) is 148 Å². The number of carboxylic acid groups (broad SMARTS) is 1. The van der Waals surface area contributed by atoms with Gasteiger partial charge in [0, 0.05) is 51.8 Å². The van der Waals surface area contributed by atoms with E-state index in [1.807, 2.05) is 33.7 Å². The summed E-state index contributed by atoms with van der Waals surface area (Å²) in [6.45, 7) is 2.05. The van der Waals surface area contributed by atoms with Crippen molar-refractivity contribution in [1.29, 1.82) is 0 Å². The van der Waals surface area contributed by atoms with Crippen LogP contribution in [0.5, 0.6) is 0 Å². The van der Waals surface area contributed by atoms with Gasteiger partial charge in [-0.1, -0.05) is 46.3 Å². The molecule has 0 radical (unpaired) electrons. The summed E-state index contributed by atoms with van der Waals surface area (Å²) in [6.07, 6.45) is 2.84. The lowest BCUT2D eigenvalue weighted by Crippen LogP contribution is -2.46. The number of amides is 1. The Morgan fingerprint density at radius 2 is 1.79 bits per heavy atom. The third kappa shape index (κ3) is 8.67. The second kappa shape index (κ2) is 15.3. The summed E-state index contributed by atoms with van der Waals surface area (Å²) in [5.74, 6) is -1.75. The summed E-state index contributed by atoms with van der Waals surface area (Å²) in [6, 6.07) is 16.5. The maximum Gasteiger partial charge on any atom is 0.326 e. The van der Waals surface area contributed by atoms with Crippen LogP contribution in [-0.2, 0) is 26.4 Å². The van der Waals surface area contributed by atoms with Crippen molar-refractivity contribution < 1.29 is 37.0 Å². The summed E-state index contributed by atoms with van der Waals surface area (Å²) in [5.41, 5.74) is 2.63. The van der Waals surface area contributed by atoms with E-state index in [2.05, 4.69) is 5.32 Å². The van der Waals surface area contributed by atoms with E-state index >= 15 is 0 Å². The molecule has 252 valence electrons. The molecule has 1 aliphatic rings. The van der Waals surface area contributed by atoms with Gasteiger partial charge in [-0.25, -0.2) is 4.79 Å². The minimum Gasteiger partial charge on any atom is -0.480 e. The molecule has 1 aromatic heterocycles. The van der Waals surface area contributed by atoms with Crippen LogP contribution >= 0.6 is 46.3 Å². The van der Waals surface area contributed by atoms with Crippen LogP contribution in [-0.4, -0.2) is 61.1 Å². The smallest absolute Gasteiger partial charge is 0.326 e. The second-order valence-electron chi connectivity index (χ2n) is 10.9. The van der Waals surface area contributed by atoms with Crippen molar-refractivity contribution in [2.24, 2.45) is 0 Å². The molecule has 4 aromatic rings. The van der Waals surface area contributed by atoms with E-state index in [1.54, 1.807) is 47.4 Å². The number of hydrogen-bond donors (Lipinski definition) is 3. The van der Waals surface area contributed by atoms with Crippen molar-refractivity contribution in [3.8, 4) is 0 Å². The van der Waals surface area contributed by atoms with Crippen molar-refractivity contribution in [2.75, 3.05) is 28.6 Å². The number of hydrogen-bond acceptors (Lipinski definition) is 9. The molecule has 48 heavy (non-hydrogen) atoms. The summed E-state index contributed by atoms with van der Waals surface area (Å²) < 4.78 is 35.0. The highest BCUT2D eigenvalue weighted by molar-refractivity contribution is 8.03. The molecule has 3 aromatic carbocycles. The van der Waals surface area contributed by atoms with E-state index in [9.17, 15) is 32.5 Å². The standard InChI is InChI=1S/C32H30Cl2N4O7S3/c1-20(32(41)42)36(24-7-3-21(18-39)4-8-24)13-11-29(40)35-19-38-26-16-23(34)6-10-28(26)47-31(38)17-30-37(12-2-14-48(43,44)45)25-15-22(33)5-9-27(25)46-30/h3-10,15-18,20H,2,11-14,19H2,1H3,(H2-,35,40,41,42,43,44,45)/p+1. The van der Waals surface area contributed by atoms with Crippen LogP contribution in [0.1, 0.15) is 35.1 Å². The molecule has 1 unspecified atom stereocenters. The predicted molar refractivity (Wildman–Crippen MR) is 190 cm³/mol. The fourth-order valence-corrected chi connectivity index (χ4v) is 8.25. The molecule has 3 N–H and O–H groups in total. The normalized spacial score (nSPS) is 14.2. The number of carbonyl (C=O) groups is 3. The SMILES string of the molecule is CC(C(=O)O)N(CCC(=O)NC[n+]1c(/C=C2\Sc3ccc(Cl)cc3N2CCCS(=O)(=O)O)sc2ccc(Cl)cc21)c1ccc(C=O)cc1. The predicted octanol–water partition coefficient (Wildman–Crippen LogP) is 5.94. The highest BCUT2D eigenvalue weighted by Crippen LogP contribution is 2.48. The van der Waals surface area contributed by atoms with Crippen LogP contribution < -0.4 is 19.7 Å². The van der Waals surface area contributed by atoms with E-state index in [0.717, 1.165) is 30.8 Å². The third-order valence-electron chi connectivity index (χ3n) is 7.62. The average molecular weight is 751 g/mol. The lowest BCUT2D eigenvalue weighted by atomic mass is 10.1. The lowest BCUT2D eigenvalue weighted by Gasteiger charge is -2.28. The number of rotatable bonds is 14. The molecule has 0 spiro atoms. The third-order valence-corrected chi connectivity index (χ3v) is 11.1. The Hall–Kier alpha value is -3.66. The number of thioether (sulfide) groups is 1. The highest BCUT2D eigenvalue weighted by Gasteiger charge is 2.29. The molecule has 1 aliphatic heterocycles. The number of aldehydes is 1. The minimum atomic E-state index is -4.14. The Balaban J connectivity index is 1.39. The molecule has 1 amide bonds. The zero-order valence-electron chi connectivity index (χ0n) is 25.5. The second-order valence-corrected chi connectivity index (χ2v) is 15.5. The highest BCUT2D eigenvalue weighted by atomic mass is 35.5. The summed E-state index contributed by atoms with van der Waals surface area (Å²) in [4.78, 5) is 40.6. The van der Waals surface area contributed by atoms with E-state index in [0.29, 0.717) is 34.1 Å². The van der Waals surface area contributed by atoms with E-state index in [1.165, 1.54) is 30.0 Å². The van der Waals surface area contributed by atoms with Crippen LogP contribution in [0.4, 0.5) is 11.4 Å². The average Bonchev–Trinajstić information content (AvgIpc) is 3.55. The van der Waals surface area contributed by atoms with Crippen molar-refractivity contribution in [3.05, 3.63) is 86.3 Å². The molecule has 16 heteroatoms. The largest absolute Gasteiger partial charge is 0.480 e. The van der Waals surface area contributed by atoms with Crippen LogP contribution in [0.15, 0.2) is 70.6 Å². The first-order chi connectivity index (χ1) is 22.8. The van der Waals surface area contributed by atoms with Gasteiger partial charge in [-0.2, -0.15) is 13.0 Å². The van der Waals surface area contributed by atoms with E-state index in [-0.39, 0.29) is 32.0 Å². The molecule has 11 nitrogen and oxygen atoms in total. The minimum absolute atomic E-state index is 0.000321. The zero-order chi connectivity index (χ0) is 34.6. The maximum atomic E-state index is 13.2. The molecule has 0 saturated heterocycles. The molecule has 0 bridgehead atoms. The number of carbonyl (C=O) groups excluding carboxylic acids is 2. The molecule has 5 rings (SSSR count). The van der Waals surface area contributed by atoms with Crippen molar-refractivity contribution >= 4 is 102 Å². The number of thiazole rings is 1. The van der Waals surface area contributed by atoms with E-state index in [4.69, 9.17) is 23.2 Å². The number of anilines is 2. The van der Waals surface area contributed by atoms with Crippen molar-refractivity contribution in [3.63, 3.8) is 0 Å². The van der Waals surface area contributed by atoms with Gasteiger partial charge in [-0.3, -0.25) is 14.1 Å². The number of aromatic nitrogens is 1. The number of nitrogens with one attached hydrogen (secondary N) is 1. The number of benzene rings is 3. The molecule has 2 heterocycles. The van der Waals surface area contributed by atoms with Gasteiger partial charge < -0.3 is 20.2 Å². The van der Waals surface area contributed by atoms with Gasteiger partial charge in [0.05, 0.1) is 22.5 Å². The first-order valence-corrected chi connectivity index (χ1v) is 18.7. The van der Waals surface area contributed by atoms with Crippen LogP contribution in [0.2, 0.25) is 10.0 Å². The fourth-order valence-electron chi connectivity index (χ4n) is 5.17.